The van der Waals surface area contributed by atoms with Crippen LogP contribution in [0.15, 0.2) is 12.7 Å². The number of nitrogens with zero attached hydrogens (tertiary/aromatic N) is 2. The molecule has 3 nitrogen and oxygen atoms in total. The fourth-order valence-corrected chi connectivity index (χ4v) is 3.09. The monoisotopic (exact) mass is 237 g/mol. The molecule has 2 fully saturated rings. The molecule has 0 aromatic heterocycles. The maximum atomic E-state index is 3.89. The predicted molar refractivity (Wildman–Crippen MR) is 73.3 cm³/mol. The number of hydrogen-bond donors (Lipinski definition) is 1. The Labute approximate surface area is 106 Å². The van der Waals surface area contributed by atoms with Gasteiger partial charge in [0.15, 0.2) is 0 Å². The summed E-state index contributed by atoms with van der Waals surface area (Å²) in [5.41, 5.74) is 0.346. The van der Waals surface area contributed by atoms with Gasteiger partial charge >= 0.3 is 0 Å². The smallest absolute Gasteiger partial charge is 0.0225 e. The fraction of sp³-hybridized carbons (Fsp3) is 0.857. The predicted octanol–water partition coefficient (Wildman–Crippen LogP) is 1.32. The lowest BCUT2D eigenvalue weighted by molar-refractivity contribution is 0.0202. The summed E-state index contributed by atoms with van der Waals surface area (Å²) >= 11 is 0. The van der Waals surface area contributed by atoms with E-state index in [1.165, 1.54) is 32.5 Å². The van der Waals surface area contributed by atoms with Crippen LogP contribution < -0.4 is 5.32 Å². The molecular weight excluding hydrogens is 210 g/mol. The van der Waals surface area contributed by atoms with Crippen LogP contribution in [0.1, 0.15) is 26.7 Å². The number of nitrogens with one attached hydrogen (secondary N) is 1. The summed E-state index contributed by atoms with van der Waals surface area (Å²) in [4.78, 5) is 5.26. The summed E-state index contributed by atoms with van der Waals surface area (Å²) in [6, 6.07) is 0.755. The molecule has 1 atom stereocenters. The van der Waals surface area contributed by atoms with Gasteiger partial charge in [-0.2, -0.15) is 0 Å². The highest BCUT2D eigenvalue weighted by Crippen LogP contribution is 2.29. The van der Waals surface area contributed by atoms with Crippen molar-refractivity contribution in [3.05, 3.63) is 12.7 Å². The second-order valence-corrected chi connectivity index (χ2v) is 5.98. The van der Waals surface area contributed by atoms with Crippen molar-refractivity contribution in [1.82, 2.24) is 15.1 Å². The normalized spacial score (nSPS) is 31.3. The van der Waals surface area contributed by atoms with E-state index < -0.39 is 0 Å². The minimum atomic E-state index is 0.346. The highest BCUT2D eigenvalue weighted by molar-refractivity contribution is 4.95. The standard InChI is InChI=1S/C14H27N3/c1-4-9-17-12-13(5-6-14(17,2)3)16-10-7-15-8-11-16/h4,13,15H,1,5-12H2,2-3H3. The molecule has 0 saturated carbocycles. The highest BCUT2D eigenvalue weighted by Gasteiger charge is 2.35. The second-order valence-electron chi connectivity index (χ2n) is 5.98. The molecule has 98 valence electrons. The molecule has 3 heteroatoms. The maximum absolute atomic E-state index is 3.89. The zero-order valence-electron chi connectivity index (χ0n) is 11.4. The van der Waals surface area contributed by atoms with E-state index in [0.717, 1.165) is 25.7 Å². The van der Waals surface area contributed by atoms with E-state index in [-0.39, 0.29) is 0 Å². The van der Waals surface area contributed by atoms with Gasteiger partial charge in [-0.05, 0) is 26.7 Å². The van der Waals surface area contributed by atoms with E-state index in [0.29, 0.717) is 5.54 Å². The average molecular weight is 237 g/mol. The van der Waals surface area contributed by atoms with Gasteiger partial charge in [-0.3, -0.25) is 9.80 Å². The minimum absolute atomic E-state index is 0.346. The molecule has 17 heavy (non-hydrogen) atoms. The third kappa shape index (κ3) is 3.09. The van der Waals surface area contributed by atoms with Crippen molar-refractivity contribution in [1.29, 1.82) is 0 Å². The lowest BCUT2D eigenvalue weighted by Crippen LogP contribution is -2.59. The van der Waals surface area contributed by atoms with Crippen LogP contribution in [0.2, 0.25) is 0 Å². The summed E-state index contributed by atoms with van der Waals surface area (Å²) in [7, 11) is 0. The first kappa shape index (κ1) is 13.1. The zero-order chi connectivity index (χ0) is 12.3. The third-order valence-electron chi connectivity index (χ3n) is 4.39. The summed E-state index contributed by atoms with van der Waals surface area (Å²) in [6.07, 6.45) is 4.69. The Morgan fingerprint density at radius 1 is 1.35 bits per heavy atom. The molecule has 2 heterocycles. The Hall–Kier alpha value is -0.380. The number of piperidine rings is 1. The van der Waals surface area contributed by atoms with E-state index in [1.54, 1.807) is 0 Å². The van der Waals surface area contributed by atoms with Crippen LogP contribution in [0.4, 0.5) is 0 Å². The Bertz CT molecular complexity index is 256. The van der Waals surface area contributed by atoms with Gasteiger partial charge in [-0.1, -0.05) is 6.08 Å². The summed E-state index contributed by atoms with van der Waals surface area (Å²) in [5.74, 6) is 0. The largest absolute Gasteiger partial charge is 0.314 e. The van der Waals surface area contributed by atoms with Crippen molar-refractivity contribution in [2.75, 3.05) is 39.3 Å². The molecule has 2 aliphatic rings. The summed E-state index contributed by atoms with van der Waals surface area (Å²) < 4.78 is 0. The summed E-state index contributed by atoms with van der Waals surface area (Å²) in [6.45, 7) is 15.6. The van der Waals surface area contributed by atoms with Crippen molar-refractivity contribution in [2.45, 2.75) is 38.3 Å². The van der Waals surface area contributed by atoms with Crippen molar-refractivity contribution in [3.8, 4) is 0 Å². The van der Waals surface area contributed by atoms with E-state index in [4.69, 9.17) is 0 Å². The first-order valence-electron chi connectivity index (χ1n) is 6.94. The first-order valence-corrected chi connectivity index (χ1v) is 6.94. The first-order chi connectivity index (χ1) is 8.13. The molecule has 0 spiro atoms. The van der Waals surface area contributed by atoms with Gasteiger partial charge in [0.05, 0.1) is 0 Å². The molecule has 1 unspecified atom stereocenters. The minimum Gasteiger partial charge on any atom is -0.314 e. The van der Waals surface area contributed by atoms with Gasteiger partial charge in [0.2, 0.25) is 0 Å². The number of rotatable bonds is 3. The van der Waals surface area contributed by atoms with Gasteiger partial charge in [0, 0.05) is 50.8 Å². The Morgan fingerprint density at radius 3 is 2.71 bits per heavy atom. The molecule has 0 amide bonds. The van der Waals surface area contributed by atoms with E-state index >= 15 is 0 Å². The molecule has 2 aliphatic heterocycles. The molecule has 0 radical (unpaired) electrons. The fourth-order valence-electron chi connectivity index (χ4n) is 3.09. The van der Waals surface area contributed by atoms with Crippen molar-refractivity contribution >= 4 is 0 Å². The topological polar surface area (TPSA) is 18.5 Å². The summed E-state index contributed by atoms with van der Waals surface area (Å²) in [5, 5.41) is 3.43. The number of piperazine rings is 1. The van der Waals surface area contributed by atoms with E-state index in [9.17, 15) is 0 Å². The van der Waals surface area contributed by atoms with E-state index in [2.05, 4.69) is 35.5 Å². The average Bonchev–Trinajstić information content (AvgIpc) is 2.33. The van der Waals surface area contributed by atoms with Crippen molar-refractivity contribution in [2.24, 2.45) is 0 Å². The third-order valence-corrected chi connectivity index (χ3v) is 4.39. The molecule has 0 aliphatic carbocycles. The van der Waals surface area contributed by atoms with Crippen LogP contribution in [-0.4, -0.2) is 60.6 Å². The molecular formula is C14H27N3. The second kappa shape index (κ2) is 5.51. The Balaban J connectivity index is 1.95. The molecule has 0 aromatic carbocycles. The van der Waals surface area contributed by atoms with Crippen LogP contribution in [0, 0.1) is 0 Å². The van der Waals surface area contributed by atoms with Gasteiger partial charge in [-0.25, -0.2) is 0 Å². The number of hydrogen-bond acceptors (Lipinski definition) is 3. The Morgan fingerprint density at radius 2 is 2.06 bits per heavy atom. The van der Waals surface area contributed by atoms with Crippen LogP contribution in [0.25, 0.3) is 0 Å². The van der Waals surface area contributed by atoms with Crippen LogP contribution in [0.5, 0.6) is 0 Å². The van der Waals surface area contributed by atoms with E-state index in [1.807, 2.05) is 6.08 Å². The van der Waals surface area contributed by atoms with Gasteiger partial charge < -0.3 is 5.32 Å². The van der Waals surface area contributed by atoms with Crippen molar-refractivity contribution in [3.63, 3.8) is 0 Å². The van der Waals surface area contributed by atoms with Crippen LogP contribution in [0.3, 0.4) is 0 Å². The molecule has 2 rings (SSSR count). The SMILES string of the molecule is C=CCN1CC(N2CCNCC2)CCC1(C)C. The lowest BCUT2D eigenvalue weighted by Gasteiger charge is -2.48. The van der Waals surface area contributed by atoms with Gasteiger partial charge in [0.25, 0.3) is 0 Å². The molecule has 1 N–H and O–H groups in total. The quantitative estimate of drug-likeness (QED) is 0.747. The Kier molecular flexibility index (Phi) is 4.23. The molecule has 0 aromatic rings. The van der Waals surface area contributed by atoms with Gasteiger partial charge in [-0.15, -0.1) is 6.58 Å². The maximum Gasteiger partial charge on any atom is 0.0225 e. The zero-order valence-corrected chi connectivity index (χ0v) is 11.4. The van der Waals surface area contributed by atoms with Gasteiger partial charge in [0.1, 0.15) is 0 Å². The molecule has 2 saturated heterocycles. The number of likely N-dealkylation sites (tertiary alicyclic amines) is 1. The van der Waals surface area contributed by atoms with Crippen molar-refractivity contribution < 1.29 is 0 Å². The lowest BCUT2D eigenvalue weighted by atomic mass is 9.87. The van der Waals surface area contributed by atoms with Crippen LogP contribution >= 0.6 is 0 Å². The highest BCUT2D eigenvalue weighted by atomic mass is 15.3. The molecule has 0 bridgehead atoms. The van der Waals surface area contributed by atoms with Crippen LogP contribution in [-0.2, 0) is 0 Å².